The molecule has 5 heteroatoms. The molecule has 0 aromatic rings. The molecule has 1 aliphatic carbocycles. The standard InChI is InChI=1S/C12H22N2O3/c15-11(7-13-10-3-1-2-4-10)14-8-12(16)5-6-17-9-12/h10,13,16H,1-9H2,(H,14,15). The molecule has 98 valence electrons. The van der Waals surface area contributed by atoms with Crippen molar-refractivity contribution < 1.29 is 14.6 Å². The highest BCUT2D eigenvalue weighted by atomic mass is 16.5. The van der Waals surface area contributed by atoms with Crippen molar-refractivity contribution in [3.05, 3.63) is 0 Å². The van der Waals surface area contributed by atoms with Crippen molar-refractivity contribution in [2.75, 3.05) is 26.3 Å². The highest BCUT2D eigenvalue weighted by Gasteiger charge is 2.32. The van der Waals surface area contributed by atoms with Crippen LogP contribution >= 0.6 is 0 Å². The normalized spacial score (nSPS) is 29.7. The maximum absolute atomic E-state index is 11.6. The van der Waals surface area contributed by atoms with Crippen LogP contribution in [0.1, 0.15) is 32.1 Å². The Labute approximate surface area is 102 Å². The molecule has 0 spiro atoms. The fourth-order valence-electron chi connectivity index (χ4n) is 2.43. The molecule has 1 heterocycles. The summed E-state index contributed by atoms with van der Waals surface area (Å²) in [5.41, 5.74) is -0.858. The van der Waals surface area contributed by atoms with Crippen molar-refractivity contribution in [2.24, 2.45) is 0 Å². The molecule has 0 aromatic heterocycles. The Bertz CT molecular complexity index is 258. The average Bonchev–Trinajstić information content (AvgIpc) is 2.95. The number of carbonyl (C=O) groups is 1. The second-order valence-electron chi connectivity index (χ2n) is 5.17. The first kappa shape index (κ1) is 12.8. The third-order valence-corrected chi connectivity index (χ3v) is 3.60. The summed E-state index contributed by atoms with van der Waals surface area (Å²) in [6.45, 7) is 1.54. The largest absolute Gasteiger partial charge is 0.386 e. The van der Waals surface area contributed by atoms with Crippen LogP contribution in [0.2, 0.25) is 0 Å². The van der Waals surface area contributed by atoms with Gasteiger partial charge in [0.2, 0.25) is 5.91 Å². The predicted octanol–water partition coefficient (Wildman–Crippen LogP) is -0.214. The molecule has 1 aliphatic heterocycles. The van der Waals surface area contributed by atoms with Crippen molar-refractivity contribution in [3.63, 3.8) is 0 Å². The zero-order valence-electron chi connectivity index (χ0n) is 10.2. The minimum atomic E-state index is -0.858. The summed E-state index contributed by atoms with van der Waals surface area (Å²) >= 11 is 0. The molecule has 5 nitrogen and oxygen atoms in total. The molecule has 0 radical (unpaired) electrons. The van der Waals surface area contributed by atoms with E-state index >= 15 is 0 Å². The van der Waals surface area contributed by atoms with Crippen LogP contribution in [-0.2, 0) is 9.53 Å². The molecule has 1 atom stereocenters. The molecule has 17 heavy (non-hydrogen) atoms. The Morgan fingerprint density at radius 2 is 2.18 bits per heavy atom. The third kappa shape index (κ3) is 3.94. The Morgan fingerprint density at radius 3 is 2.82 bits per heavy atom. The van der Waals surface area contributed by atoms with Gasteiger partial charge in [0.15, 0.2) is 0 Å². The molecule has 1 saturated carbocycles. The summed E-state index contributed by atoms with van der Waals surface area (Å²) in [5.74, 6) is -0.0442. The lowest BCUT2D eigenvalue weighted by Gasteiger charge is -2.21. The monoisotopic (exact) mass is 242 g/mol. The summed E-state index contributed by atoms with van der Waals surface area (Å²) in [6, 6.07) is 0.499. The minimum absolute atomic E-state index is 0.0442. The van der Waals surface area contributed by atoms with E-state index in [0.29, 0.717) is 32.2 Å². The lowest BCUT2D eigenvalue weighted by molar-refractivity contribution is -0.121. The maximum atomic E-state index is 11.6. The van der Waals surface area contributed by atoms with Crippen molar-refractivity contribution in [3.8, 4) is 0 Å². The molecule has 2 rings (SSSR count). The number of aliphatic hydroxyl groups is 1. The number of hydrogen-bond acceptors (Lipinski definition) is 4. The Morgan fingerprint density at radius 1 is 1.41 bits per heavy atom. The maximum Gasteiger partial charge on any atom is 0.234 e. The van der Waals surface area contributed by atoms with Crippen LogP contribution in [0.4, 0.5) is 0 Å². The van der Waals surface area contributed by atoms with E-state index in [4.69, 9.17) is 4.74 Å². The highest BCUT2D eigenvalue weighted by Crippen LogP contribution is 2.18. The first-order chi connectivity index (χ1) is 8.18. The van der Waals surface area contributed by atoms with Crippen molar-refractivity contribution >= 4 is 5.91 Å². The van der Waals surface area contributed by atoms with E-state index < -0.39 is 5.60 Å². The first-order valence-electron chi connectivity index (χ1n) is 6.48. The first-order valence-corrected chi connectivity index (χ1v) is 6.48. The van der Waals surface area contributed by atoms with E-state index in [9.17, 15) is 9.90 Å². The van der Waals surface area contributed by atoms with Crippen molar-refractivity contribution in [2.45, 2.75) is 43.7 Å². The zero-order chi connectivity index (χ0) is 12.1. The van der Waals surface area contributed by atoms with Crippen LogP contribution in [0.25, 0.3) is 0 Å². The van der Waals surface area contributed by atoms with Gasteiger partial charge >= 0.3 is 0 Å². The Kier molecular flexibility index (Phi) is 4.36. The predicted molar refractivity (Wildman–Crippen MR) is 63.7 cm³/mol. The van der Waals surface area contributed by atoms with E-state index in [0.717, 1.165) is 0 Å². The van der Waals surface area contributed by atoms with Crippen LogP contribution in [-0.4, -0.2) is 49.0 Å². The molecule has 3 N–H and O–H groups in total. The van der Waals surface area contributed by atoms with E-state index in [2.05, 4.69) is 10.6 Å². The van der Waals surface area contributed by atoms with Crippen LogP contribution in [0, 0.1) is 0 Å². The van der Waals surface area contributed by atoms with E-state index in [1.165, 1.54) is 25.7 Å². The van der Waals surface area contributed by atoms with Gasteiger partial charge in [0.25, 0.3) is 0 Å². The summed E-state index contributed by atoms with van der Waals surface area (Å²) < 4.78 is 5.12. The number of hydrogen-bond donors (Lipinski definition) is 3. The molecule has 1 saturated heterocycles. The summed E-state index contributed by atoms with van der Waals surface area (Å²) in [6.07, 6.45) is 5.46. The highest BCUT2D eigenvalue weighted by molar-refractivity contribution is 5.78. The third-order valence-electron chi connectivity index (χ3n) is 3.60. The van der Waals surface area contributed by atoms with Crippen LogP contribution in [0.15, 0.2) is 0 Å². The molecule has 0 bridgehead atoms. The fraction of sp³-hybridized carbons (Fsp3) is 0.917. The van der Waals surface area contributed by atoms with Crippen LogP contribution in [0.5, 0.6) is 0 Å². The smallest absolute Gasteiger partial charge is 0.234 e. The van der Waals surface area contributed by atoms with Gasteiger partial charge in [-0.3, -0.25) is 4.79 Å². The quantitative estimate of drug-likeness (QED) is 0.624. The summed E-state index contributed by atoms with van der Waals surface area (Å²) in [7, 11) is 0. The van der Waals surface area contributed by atoms with Gasteiger partial charge in [0.05, 0.1) is 13.2 Å². The molecule has 2 fully saturated rings. The lowest BCUT2D eigenvalue weighted by Crippen LogP contribution is -2.46. The van der Waals surface area contributed by atoms with E-state index in [1.807, 2.05) is 0 Å². The zero-order valence-corrected chi connectivity index (χ0v) is 10.2. The van der Waals surface area contributed by atoms with Gasteiger partial charge in [-0.25, -0.2) is 0 Å². The number of amides is 1. The number of rotatable bonds is 5. The Balaban J connectivity index is 1.60. The molecular formula is C12H22N2O3. The fourth-order valence-corrected chi connectivity index (χ4v) is 2.43. The van der Waals surface area contributed by atoms with Gasteiger partial charge in [-0.05, 0) is 12.8 Å². The lowest BCUT2D eigenvalue weighted by atomic mass is 10.0. The van der Waals surface area contributed by atoms with Crippen molar-refractivity contribution in [1.29, 1.82) is 0 Å². The average molecular weight is 242 g/mol. The van der Waals surface area contributed by atoms with Gasteiger partial charge in [-0.2, -0.15) is 0 Å². The molecule has 1 amide bonds. The number of ether oxygens (including phenoxy) is 1. The molecule has 1 unspecified atom stereocenters. The molecule has 0 aromatic carbocycles. The van der Waals surface area contributed by atoms with Gasteiger partial charge in [0, 0.05) is 25.6 Å². The van der Waals surface area contributed by atoms with Gasteiger partial charge in [-0.1, -0.05) is 12.8 Å². The van der Waals surface area contributed by atoms with Gasteiger partial charge in [-0.15, -0.1) is 0 Å². The second-order valence-corrected chi connectivity index (χ2v) is 5.17. The van der Waals surface area contributed by atoms with E-state index in [-0.39, 0.29) is 12.5 Å². The van der Waals surface area contributed by atoms with E-state index in [1.54, 1.807) is 0 Å². The molecule has 2 aliphatic rings. The van der Waals surface area contributed by atoms with Gasteiger partial charge in [0.1, 0.15) is 5.60 Å². The van der Waals surface area contributed by atoms with Crippen molar-refractivity contribution in [1.82, 2.24) is 10.6 Å². The van der Waals surface area contributed by atoms with Crippen LogP contribution < -0.4 is 10.6 Å². The SMILES string of the molecule is O=C(CNC1CCCC1)NCC1(O)CCOC1. The molecular weight excluding hydrogens is 220 g/mol. The topological polar surface area (TPSA) is 70.6 Å². The Hall–Kier alpha value is -0.650. The number of carbonyl (C=O) groups excluding carboxylic acids is 1. The second kappa shape index (κ2) is 5.80. The summed E-state index contributed by atoms with van der Waals surface area (Å²) in [4.78, 5) is 11.6. The van der Waals surface area contributed by atoms with Gasteiger partial charge < -0.3 is 20.5 Å². The summed E-state index contributed by atoms with van der Waals surface area (Å²) in [5, 5.41) is 16.0. The van der Waals surface area contributed by atoms with Crippen LogP contribution in [0.3, 0.4) is 0 Å². The minimum Gasteiger partial charge on any atom is -0.386 e. The number of nitrogens with one attached hydrogen (secondary N) is 2.